The molecule has 1 heterocycles. The molecule has 1 aromatic carbocycles. The molecule has 0 unspecified atom stereocenters. The number of hydrogen-bond acceptors (Lipinski definition) is 4. The van der Waals surface area contributed by atoms with Crippen LogP contribution in [0.4, 0.5) is 10.1 Å². The summed E-state index contributed by atoms with van der Waals surface area (Å²) in [6.07, 6.45) is 0. The molecule has 0 saturated heterocycles. The van der Waals surface area contributed by atoms with Crippen molar-refractivity contribution in [3.05, 3.63) is 45.4 Å². The van der Waals surface area contributed by atoms with E-state index in [0.717, 1.165) is 16.9 Å². The number of sulfonamides is 1. The lowest BCUT2D eigenvalue weighted by atomic mass is 10.2. The Labute approximate surface area is 120 Å². The predicted octanol–water partition coefficient (Wildman–Crippen LogP) is 2.80. The molecule has 0 atom stereocenters. The van der Waals surface area contributed by atoms with Crippen LogP contribution in [0.5, 0.6) is 0 Å². The molecule has 0 bridgehead atoms. The number of nitrogens with one attached hydrogen (secondary N) is 1. The smallest absolute Gasteiger partial charge is 0.263 e. The molecule has 1 aromatic heterocycles. The van der Waals surface area contributed by atoms with E-state index in [9.17, 15) is 17.9 Å². The zero-order valence-electron chi connectivity index (χ0n) is 11.0. The van der Waals surface area contributed by atoms with Crippen LogP contribution in [0, 0.1) is 19.7 Å². The minimum atomic E-state index is -3.92. The summed E-state index contributed by atoms with van der Waals surface area (Å²) in [7, 11) is -3.92. The van der Waals surface area contributed by atoms with Crippen LogP contribution < -0.4 is 4.72 Å². The maximum Gasteiger partial charge on any atom is 0.263 e. The Hall–Kier alpha value is -1.44. The van der Waals surface area contributed by atoms with Crippen LogP contribution in [0.15, 0.2) is 28.5 Å². The lowest BCUT2D eigenvalue weighted by molar-refractivity contribution is 0.282. The highest BCUT2D eigenvalue weighted by atomic mass is 32.2. The Balaban J connectivity index is 2.46. The molecule has 2 aromatic rings. The third-order valence-corrected chi connectivity index (χ3v) is 5.58. The van der Waals surface area contributed by atoms with Gasteiger partial charge in [-0.1, -0.05) is 6.07 Å². The number of benzene rings is 1. The van der Waals surface area contributed by atoms with E-state index in [4.69, 9.17) is 0 Å². The van der Waals surface area contributed by atoms with Gasteiger partial charge in [-0.3, -0.25) is 4.72 Å². The van der Waals surface area contributed by atoms with Crippen molar-refractivity contribution in [1.82, 2.24) is 0 Å². The molecule has 4 nitrogen and oxygen atoms in total. The van der Waals surface area contributed by atoms with E-state index in [2.05, 4.69) is 4.72 Å². The van der Waals surface area contributed by atoms with E-state index in [1.165, 1.54) is 12.1 Å². The number of thiophene rings is 1. The monoisotopic (exact) mass is 315 g/mol. The van der Waals surface area contributed by atoms with E-state index in [0.29, 0.717) is 10.4 Å². The lowest BCUT2D eigenvalue weighted by Gasteiger charge is -2.11. The molecule has 0 radical (unpaired) electrons. The molecule has 108 valence electrons. The number of hydrogen-bond donors (Lipinski definition) is 2. The fourth-order valence-corrected chi connectivity index (χ4v) is 4.59. The van der Waals surface area contributed by atoms with Crippen molar-refractivity contribution >= 4 is 27.0 Å². The molecule has 7 heteroatoms. The van der Waals surface area contributed by atoms with Crippen molar-refractivity contribution in [2.45, 2.75) is 25.3 Å². The second kappa shape index (κ2) is 5.51. The van der Waals surface area contributed by atoms with Gasteiger partial charge in [0.1, 0.15) is 10.7 Å². The lowest BCUT2D eigenvalue weighted by Crippen LogP contribution is -2.16. The zero-order chi connectivity index (χ0) is 14.9. The summed E-state index contributed by atoms with van der Waals surface area (Å²) >= 11 is 1.16. The summed E-state index contributed by atoms with van der Waals surface area (Å²) in [4.78, 5) is 0.356. The van der Waals surface area contributed by atoms with Gasteiger partial charge in [-0.2, -0.15) is 0 Å². The highest BCUT2D eigenvalue weighted by Crippen LogP contribution is 2.29. The van der Waals surface area contributed by atoms with Gasteiger partial charge in [0.25, 0.3) is 10.0 Å². The third kappa shape index (κ3) is 2.84. The van der Waals surface area contributed by atoms with Crippen molar-refractivity contribution < 1.29 is 17.9 Å². The first-order valence-corrected chi connectivity index (χ1v) is 8.18. The molecule has 20 heavy (non-hydrogen) atoms. The number of anilines is 1. The highest BCUT2D eigenvalue weighted by molar-refractivity contribution is 7.93. The number of aryl methyl sites for hydroxylation is 2. The Bertz CT molecular complexity index is 738. The molecule has 2 N–H and O–H groups in total. The quantitative estimate of drug-likeness (QED) is 0.912. The Morgan fingerprint density at radius 1 is 1.35 bits per heavy atom. The van der Waals surface area contributed by atoms with Gasteiger partial charge in [0, 0.05) is 0 Å². The van der Waals surface area contributed by atoms with Gasteiger partial charge >= 0.3 is 0 Å². The van der Waals surface area contributed by atoms with Crippen LogP contribution in [0.2, 0.25) is 0 Å². The molecule has 0 aliphatic rings. The van der Waals surface area contributed by atoms with E-state index in [-0.39, 0.29) is 17.2 Å². The molecule has 0 aliphatic heterocycles. The van der Waals surface area contributed by atoms with Crippen molar-refractivity contribution in [3.8, 4) is 0 Å². The van der Waals surface area contributed by atoms with Crippen molar-refractivity contribution in [3.63, 3.8) is 0 Å². The molecule has 0 fully saturated rings. The second-order valence-electron chi connectivity index (χ2n) is 4.42. The van der Waals surface area contributed by atoms with E-state index >= 15 is 0 Å². The number of aliphatic hydroxyl groups is 1. The number of halogens is 1. The second-order valence-corrected chi connectivity index (χ2v) is 7.00. The summed E-state index contributed by atoms with van der Waals surface area (Å²) in [5.41, 5.74) is 1.17. The highest BCUT2D eigenvalue weighted by Gasteiger charge is 2.23. The van der Waals surface area contributed by atoms with Gasteiger partial charge in [0.05, 0.1) is 17.2 Å². The van der Waals surface area contributed by atoms with Crippen LogP contribution in [0.1, 0.15) is 16.0 Å². The van der Waals surface area contributed by atoms with E-state index in [1.807, 2.05) is 0 Å². The summed E-state index contributed by atoms with van der Waals surface area (Å²) in [6.45, 7) is 3.01. The van der Waals surface area contributed by atoms with Crippen LogP contribution >= 0.6 is 11.3 Å². The van der Waals surface area contributed by atoms with Gasteiger partial charge in [-0.25, -0.2) is 12.8 Å². The predicted molar refractivity (Wildman–Crippen MR) is 76.9 cm³/mol. The fourth-order valence-electron chi connectivity index (χ4n) is 1.87. The van der Waals surface area contributed by atoms with Crippen LogP contribution in [-0.2, 0) is 16.6 Å². The Morgan fingerprint density at radius 3 is 2.70 bits per heavy atom. The first kappa shape index (κ1) is 15.0. The molecule has 0 spiro atoms. The van der Waals surface area contributed by atoms with Gasteiger partial charge in [0.2, 0.25) is 0 Å². The molecule has 0 saturated carbocycles. The van der Waals surface area contributed by atoms with E-state index in [1.54, 1.807) is 25.3 Å². The zero-order valence-corrected chi connectivity index (χ0v) is 12.6. The topological polar surface area (TPSA) is 66.4 Å². The van der Waals surface area contributed by atoms with Gasteiger partial charge in [-0.15, -0.1) is 11.3 Å². The Morgan fingerprint density at radius 2 is 2.05 bits per heavy atom. The first-order chi connectivity index (χ1) is 9.35. The minimum Gasteiger partial charge on any atom is -0.391 e. The minimum absolute atomic E-state index is 0.0194. The Kier molecular flexibility index (Phi) is 4.12. The normalized spacial score (nSPS) is 11.6. The third-order valence-electron chi connectivity index (χ3n) is 2.77. The summed E-state index contributed by atoms with van der Waals surface area (Å²) in [6, 6.07) is 4.19. The largest absolute Gasteiger partial charge is 0.391 e. The maximum atomic E-state index is 13.7. The number of aliphatic hydroxyl groups excluding tert-OH is 1. The standard InChI is InChI=1S/C13H14FNO3S2/c1-8-3-4-10(14)11(5-8)15-20(17,18)13-9(2)7-19-12(13)6-16/h3-5,7,15-16H,6H2,1-2H3. The molecular formula is C13H14FNO3S2. The summed E-state index contributed by atoms with van der Waals surface area (Å²) in [5, 5.41) is 10.8. The maximum absolute atomic E-state index is 13.7. The van der Waals surface area contributed by atoms with Crippen molar-refractivity contribution in [2.24, 2.45) is 0 Å². The fraction of sp³-hybridized carbons (Fsp3) is 0.231. The van der Waals surface area contributed by atoms with Gasteiger partial charge in [0.15, 0.2) is 0 Å². The molecule has 0 amide bonds. The molecular weight excluding hydrogens is 301 g/mol. The van der Waals surface area contributed by atoms with Crippen molar-refractivity contribution in [1.29, 1.82) is 0 Å². The van der Waals surface area contributed by atoms with Gasteiger partial charge < -0.3 is 5.11 Å². The van der Waals surface area contributed by atoms with Crippen LogP contribution in [0.3, 0.4) is 0 Å². The summed E-state index contributed by atoms with van der Waals surface area (Å²) < 4.78 is 40.6. The van der Waals surface area contributed by atoms with E-state index < -0.39 is 15.8 Å². The average Bonchev–Trinajstić information content (AvgIpc) is 2.75. The summed E-state index contributed by atoms with van der Waals surface area (Å²) in [5.74, 6) is -0.641. The average molecular weight is 315 g/mol. The van der Waals surface area contributed by atoms with Gasteiger partial charge in [-0.05, 0) is 42.5 Å². The van der Waals surface area contributed by atoms with Crippen molar-refractivity contribution in [2.75, 3.05) is 4.72 Å². The molecule has 2 rings (SSSR count). The first-order valence-electron chi connectivity index (χ1n) is 5.82. The molecule has 0 aliphatic carbocycles. The number of rotatable bonds is 4. The van der Waals surface area contributed by atoms with Crippen LogP contribution in [0.25, 0.3) is 0 Å². The SMILES string of the molecule is Cc1ccc(F)c(NS(=O)(=O)c2c(C)csc2CO)c1. The van der Waals surface area contributed by atoms with Crippen LogP contribution in [-0.4, -0.2) is 13.5 Å².